The van der Waals surface area contributed by atoms with Crippen molar-refractivity contribution in [3.05, 3.63) is 34.3 Å². The number of nitrogens with one attached hydrogen (secondary N) is 1. The fourth-order valence-electron chi connectivity index (χ4n) is 1.28. The summed E-state index contributed by atoms with van der Waals surface area (Å²) in [5, 5.41) is 0. The lowest BCUT2D eigenvalue weighted by Gasteiger charge is -1.95. The summed E-state index contributed by atoms with van der Waals surface area (Å²) in [6.07, 6.45) is 0.895. The molecule has 0 unspecified atom stereocenters. The monoisotopic (exact) mass is 195 g/mol. The van der Waals surface area contributed by atoms with Crippen molar-refractivity contribution in [3.8, 4) is 0 Å². The summed E-state index contributed by atoms with van der Waals surface area (Å²) >= 11 is 4.14. The van der Waals surface area contributed by atoms with Crippen LogP contribution in [-0.4, -0.2) is 10.7 Å². The van der Waals surface area contributed by atoms with E-state index in [9.17, 15) is 4.79 Å². The molecule has 0 amide bonds. The minimum absolute atomic E-state index is 0.405. The molecule has 0 spiro atoms. The molecule has 0 saturated heterocycles. The molecule has 1 N–H and O–H groups in total. The highest BCUT2D eigenvalue weighted by atomic mass is 32.1. The van der Waals surface area contributed by atoms with Gasteiger partial charge in [-0.1, -0.05) is 6.07 Å². The average Bonchev–Trinajstić information content (AvgIpc) is 2.44. The van der Waals surface area contributed by atoms with Crippen molar-refractivity contribution in [2.75, 3.05) is 5.75 Å². The van der Waals surface area contributed by atoms with Crippen LogP contribution in [-0.2, 0) is 6.42 Å². The fraction of sp³-hybridized carbons (Fsp3) is 0.222. The standard InChI is InChI=1S/C9H9NO2S/c11-9-10-7-5-6(3-4-13)1-2-8(7)12-9/h1-2,5,13H,3-4H2,(H,10,11). The number of hydrogen-bond donors (Lipinski definition) is 2. The Kier molecular flexibility index (Phi) is 2.14. The second kappa shape index (κ2) is 3.30. The molecule has 0 fully saturated rings. The van der Waals surface area contributed by atoms with Gasteiger partial charge in [0.05, 0.1) is 5.52 Å². The maximum atomic E-state index is 10.8. The van der Waals surface area contributed by atoms with Crippen molar-refractivity contribution in [2.24, 2.45) is 0 Å². The Morgan fingerprint density at radius 1 is 1.46 bits per heavy atom. The van der Waals surface area contributed by atoms with Crippen LogP contribution in [0, 0.1) is 0 Å². The number of aromatic amines is 1. The molecule has 0 atom stereocenters. The summed E-state index contributed by atoms with van der Waals surface area (Å²) in [5.74, 6) is 0.395. The van der Waals surface area contributed by atoms with Crippen LogP contribution in [0.2, 0.25) is 0 Å². The first-order valence-corrected chi connectivity index (χ1v) is 4.65. The molecule has 1 heterocycles. The van der Waals surface area contributed by atoms with E-state index in [2.05, 4.69) is 17.6 Å². The third kappa shape index (κ3) is 1.62. The van der Waals surface area contributed by atoms with Gasteiger partial charge in [0, 0.05) is 0 Å². The molecule has 2 aromatic rings. The van der Waals surface area contributed by atoms with Gasteiger partial charge in [0.1, 0.15) is 0 Å². The molecule has 0 radical (unpaired) electrons. The lowest BCUT2D eigenvalue weighted by atomic mass is 10.1. The van der Waals surface area contributed by atoms with Crippen LogP contribution < -0.4 is 5.76 Å². The number of fused-ring (bicyclic) bond motifs is 1. The summed E-state index contributed by atoms with van der Waals surface area (Å²) < 4.78 is 4.87. The summed E-state index contributed by atoms with van der Waals surface area (Å²) in [7, 11) is 0. The highest BCUT2D eigenvalue weighted by Gasteiger charge is 2.00. The highest BCUT2D eigenvalue weighted by molar-refractivity contribution is 7.80. The Bertz CT molecular complexity index is 472. The average molecular weight is 195 g/mol. The first kappa shape index (κ1) is 8.44. The van der Waals surface area contributed by atoms with E-state index < -0.39 is 5.76 Å². The van der Waals surface area contributed by atoms with Gasteiger partial charge in [0.15, 0.2) is 5.58 Å². The summed E-state index contributed by atoms with van der Waals surface area (Å²) in [4.78, 5) is 13.4. The lowest BCUT2D eigenvalue weighted by molar-refractivity contribution is 0.555. The number of H-pyrrole nitrogens is 1. The first-order valence-electron chi connectivity index (χ1n) is 4.02. The van der Waals surface area contributed by atoms with E-state index in [-0.39, 0.29) is 0 Å². The van der Waals surface area contributed by atoms with Crippen LogP contribution in [0.4, 0.5) is 0 Å². The number of rotatable bonds is 2. The van der Waals surface area contributed by atoms with E-state index in [1.54, 1.807) is 6.07 Å². The van der Waals surface area contributed by atoms with Gasteiger partial charge in [-0.3, -0.25) is 4.98 Å². The molecule has 2 rings (SSSR count). The van der Waals surface area contributed by atoms with Crippen LogP contribution in [0.3, 0.4) is 0 Å². The van der Waals surface area contributed by atoms with E-state index in [0.717, 1.165) is 23.3 Å². The number of thiol groups is 1. The Balaban J connectivity index is 2.54. The molecule has 0 bridgehead atoms. The fourth-order valence-corrected chi connectivity index (χ4v) is 1.54. The number of hydrogen-bond acceptors (Lipinski definition) is 3. The molecule has 68 valence electrons. The second-order valence-corrected chi connectivity index (χ2v) is 3.27. The van der Waals surface area contributed by atoms with Gasteiger partial charge in [-0.25, -0.2) is 4.79 Å². The zero-order chi connectivity index (χ0) is 9.26. The van der Waals surface area contributed by atoms with Gasteiger partial charge in [-0.2, -0.15) is 12.6 Å². The first-order chi connectivity index (χ1) is 6.29. The molecular weight excluding hydrogens is 186 g/mol. The smallest absolute Gasteiger partial charge is 0.408 e. The van der Waals surface area contributed by atoms with Gasteiger partial charge in [0.25, 0.3) is 0 Å². The highest BCUT2D eigenvalue weighted by Crippen LogP contribution is 2.12. The maximum absolute atomic E-state index is 10.8. The summed E-state index contributed by atoms with van der Waals surface area (Å²) in [5.41, 5.74) is 2.51. The van der Waals surface area contributed by atoms with Gasteiger partial charge in [-0.15, -0.1) is 0 Å². The zero-order valence-corrected chi connectivity index (χ0v) is 7.80. The van der Waals surface area contributed by atoms with Gasteiger partial charge in [0.2, 0.25) is 0 Å². The topological polar surface area (TPSA) is 46.0 Å². The van der Waals surface area contributed by atoms with Crippen LogP contribution in [0.15, 0.2) is 27.4 Å². The quantitative estimate of drug-likeness (QED) is 0.715. The molecule has 3 nitrogen and oxygen atoms in total. The Morgan fingerprint density at radius 3 is 3.08 bits per heavy atom. The van der Waals surface area contributed by atoms with Crippen molar-refractivity contribution >= 4 is 23.7 Å². The predicted octanol–water partition coefficient (Wildman–Crippen LogP) is 1.59. The normalized spacial score (nSPS) is 10.8. The van der Waals surface area contributed by atoms with E-state index in [4.69, 9.17) is 4.42 Å². The summed E-state index contributed by atoms with van der Waals surface area (Å²) in [6, 6.07) is 5.65. The summed E-state index contributed by atoms with van der Waals surface area (Å²) in [6.45, 7) is 0. The van der Waals surface area contributed by atoms with Crippen LogP contribution >= 0.6 is 12.6 Å². The third-order valence-corrected chi connectivity index (χ3v) is 2.11. The molecule has 0 saturated carbocycles. The largest absolute Gasteiger partial charge is 0.417 e. The molecule has 0 aliphatic heterocycles. The molecule has 1 aromatic carbocycles. The van der Waals surface area contributed by atoms with Gasteiger partial charge in [-0.05, 0) is 29.9 Å². The number of benzene rings is 1. The minimum Gasteiger partial charge on any atom is -0.408 e. The molecule has 1 aromatic heterocycles. The van der Waals surface area contributed by atoms with Gasteiger partial charge < -0.3 is 4.42 Å². The SMILES string of the molecule is O=c1[nH]c2cc(CCS)ccc2o1. The van der Waals surface area contributed by atoms with Crippen LogP contribution in [0.1, 0.15) is 5.56 Å². The maximum Gasteiger partial charge on any atom is 0.417 e. The van der Waals surface area contributed by atoms with Crippen LogP contribution in [0.5, 0.6) is 0 Å². The number of aromatic nitrogens is 1. The van der Waals surface area contributed by atoms with Crippen LogP contribution in [0.25, 0.3) is 11.1 Å². The molecular formula is C9H9NO2S. The Labute approximate surface area is 80.2 Å². The lowest BCUT2D eigenvalue weighted by Crippen LogP contribution is -1.93. The number of oxazole rings is 1. The second-order valence-electron chi connectivity index (χ2n) is 2.82. The van der Waals surface area contributed by atoms with E-state index in [1.807, 2.05) is 12.1 Å². The molecule has 0 aliphatic carbocycles. The van der Waals surface area contributed by atoms with E-state index in [0.29, 0.717) is 5.58 Å². The van der Waals surface area contributed by atoms with E-state index >= 15 is 0 Å². The number of aryl methyl sites for hydroxylation is 1. The molecule has 0 aliphatic rings. The molecule has 13 heavy (non-hydrogen) atoms. The zero-order valence-electron chi connectivity index (χ0n) is 6.91. The van der Waals surface area contributed by atoms with E-state index in [1.165, 1.54) is 0 Å². The minimum atomic E-state index is -0.405. The molecule has 4 heteroatoms. The van der Waals surface area contributed by atoms with Crippen molar-refractivity contribution in [3.63, 3.8) is 0 Å². The van der Waals surface area contributed by atoms with Crippen molar-refractivity contribution in [2.45, 2.75) is 6.42 Å². The van der Waals surface area contributed by atoms with Gasteiger partial charge >= 0.3 is 5.76 Å². The van der Waals surface area contributed by atoms with Crippen molar-refractivity contribution in [1.29, 1.82) is 0 Å². The van der Waals surface area contributed by atoms with Crippen molar-refractivity contribution in [1.82, 2.24) is 4.98 Å². The Hall–Kier alpha value is -1.16. The van der Waals surface area contributed by atoms with Crippen molar-refractivity contribution < 1.29 is 4.42 Å². The third-order valence-electron chi connectivity index (χ3n) is 1.88. The Morgan fingerprint density at radius 2 is 2.31 bits per heavy atom. The predicted molar refractivity (Wildman–Crippen MR) is 54.4 cm³/mol.